The van der Waals surface area contributed by atoms with E-state index in [-0.39, 0.29) is 5.92 Å². The highest BCUT2D eigenvalue weighted by Gasteiger charge is 2.11. The first-order chi connectivity index (χ1) is 11.5. The van der Waals surface area contributed by atoms with E-state index in [1.54, 1.807) is 6.92 Å². The van der Waals surface area contributed by atoms with Crippen LogP contribution in [0.15, 0.2) is 48.5 Å². The third-order valence-corrected chi connectivity index (χ3v) is 4.25. The van der Waals surface area contributed by atoms with Crippen LogP contribution in [0, 0.1) is 5.92 Å². The molecule has 1 unspecified atom stereocenters. The number of carboxylic acids is 1. The summed E-state index contributed by atoms with van der Waals surface area (Å²) in [5.74, 6) is -0.164. The van der Waals surface area contributed by atoms with Crippen LogP contribution in [0.3, 0.4) is 0 Å². The zero-order valence-electron chi connectivity index (χ0n) is 13.9. The number of hydrogen-bond donors (Lipinski definition) is 2. The van der Waals surface area contributed by atoms with Crippen molar-refractivity contribution in [3.8, 4) is 0 Å². The van der Waals surface area contributed by atoms with Crippen molar-refractivity contribution in [2.75, 3.05) is 5.32 Å². The van der Waals surface area contributed by atoms with Gasteiger partial charge in [-0.2, -0.15) is 0 Å². The fraction of sp³-hybridized carbons (Fsp3) is 0.263. The number of fused-ring (bicyclic) bond motifs is 1. The van der Waals surface area contributed by atoms with E-state index in [2.05, 4.69) is 20.9 Å². The Hall–Kier alpha value is -2.82. The van der Waals surface area contributed by atoms with Crippen molar-refractivity contribution in [2.24, 2.45) is 13.0 Å². The average Bonchev–Trinajstić information content (AvgIpc) is 2.90. The molecule has 2 N–H and O–H groups in total. The number of nitrogens with zero attached hydrogens (tertiary/aromatic N) is 2. The molecule has 2 aromatic carbocycles. The number of benzene rings is 2. The minimum Gasteiger partial charge on any atom is -0.481 e. The third-order valence-electron chi connectivity index (χ3n) is 4.25. The van der Waals surface area contributed by atoms with Gasteiger partial charge < -0.3 is 15.0 Å². The van der Waals surface area contributed by atoms with Crippen LogP contribution < -0.4 is 5.32 Å². The minimum absolute atomic E-state index is 0.371. The number of hydrogen-bond acceptors (Lipinski definition) is 3. The summed E-state index contributed by atoms with van der Waals surface area (Å²) in [6.45, 7) is 2.36. The summed E-state index contributed by atoms with van der Waals surface area (Å²) in [7, 11) is 2.02. The number of aromatic nitrogens is 2. The molecule has 1 aromatic heterocycles. The second-order valence-corrected chi connectivity index (χ2v) is 6.07. The van der Waals surface area contributed by atoms with Gasteiger partial charge in [0.2, 0.25) is 0 Å². The Labute approximate surface area is 141 Å². The van der Waals surface area contributed by atoms with E-state index < -0.39 is 5.97 Å². The molecule has 24 heavy (non-hydrogen) atoms. The Bertz CT molecular complexity index is 853. The lowest BCUT2D eigenvalue weighted by molar-refractivity contribution is -0.141. The SMILES string of the molecule is CC(Cc1ccc(NCc2nc3ccccc3n2C)cc1)C(=O)O. The summed E-state index contributed by atoms with van der Waals surface area (Å²) in [6, 6.07) is 16.0. The summed E-state index contributed by atoms with van der Waals surface area (Å²) in [6.07, 6.45) is 0.542. The lowest BCUT2D eigenvalue weighted by Crippen LogP contribution is -2.12. The van der Waals surface area contributed by atoms with E-state index in [0.29, 0.717) is 13.0 Å². The molecule has 3 rings (SSSR count). The molecule has 0 aliphatic carbocycles. The molecule has 0 bridgehead atoms. The molecular weight excluding hydrogens is 302 g/mol. The number of imidazole rings is 1. The zero-order chi connectivity index (χ0) is 17.1. The van der Waals surface area contributed by atoms with E-state index in [1.165, 1.54) is 0 Å². The van der Waals surface area contributed by atoms with Gasteiger partial charge >= 0.3 is 5.97 Å². The molecule has 0 spiro atoms. The molecule has 0 aliphatic heterocycles. The summed E-state index contributed by atoms with van der Waals surface area (Å²) in [4.78, 5) is 15.6. The van der Waals surface area contributed by atoms with Crippen LogP contribution in [0.2, 0.25) is 0 Å². The van der Waals surface area contributed by atoms with Crippen molar-refractivity contribution in [3.05, 3.63) is 59.9 Å². The Balaban J connectivity index is 1.66. The van der Waals surface area contributed by atoms with E-state index in [4.69, 9.17) is 5.11 Å². The van der Waals surface area contributed by atoms with Crippen LogP contribution >= 0.6 is 0 Å². The Morgan fingerprint density at radius 3 is 2.58 bits per heavy atom. The Kier molecular flexibility index (Phi) is 4.51. The number of carbonyl (C=O) groups is 1. The van der Waals surface area contributed by atoms with Gasteiger partial charge in [0.1, 0.15) is 5.82 Å². The first-order valence-electron chi connectivity index (χ1n) is 8.00. The van der Waals surface area contributed by atoms with Crippen molar-refractivity contribution in [1.29, 1.82) is 0 Å². The molecular formula is C19H21N3O2. The first-order valence-corrected chi connectivity index (χ1v) is 8.00. The molecule has 0 amide bonds. The molecule has 0 radical (unpaired) electrons. The van der Waals surface area contributed by atoms with Crippen LogP contribution in [-0.2, 0) is 24.8 Å². The van der Waals surface area contributed by atoms with E-state index >= 15 is 0 Å². The number of rotatable bonds is 6. The lowest BCUT2D eigenvalue weighted by Gasteiger charge is -2.09. The fourth-order valence-electron chi connectivity index (χ4n) is 2.73. The smallest absolute Gasteiger partial charge is 0.306 e. The average molecular weight is 323 g/mol. The summed E-state index contributed by atoms with van der Waals surface area (Å²) >= 11 is 0. The normalized spacial score (nSPS) is 12.2. The van der Waals surface area contributed by atoms with E-state index in [1.807, 2.05) is 49.5 Å². The van der Waals surface area contributed by atoms with Crippen molar-refractivity contribution in [2.45, 2.75) is 19.9 Å². The van der Waals surface area contributed by atoms with Crippen LogP contribution in [0.4, 0.5) is 5.69 Å². The number of para-hydroxylation sites is 2. The molecule has 5 heteroatoms. The quantitative estimate of drug-likeness (QED) is 0.729. The number of carboxylic acid groups (broad SMARTS) is 1. The molecule has 0 saturated carbocycles. The topological polar surface area (TPSA) is 67.2 Å². The van der Waals surface area contributed by atoms with Gasteiger partial charge in [-0.15, -0.1) is 0 Å². The molecule has 0 aliphatic rings. The fourth-order valence-corrected chi connectivity index (χ4v) is 2.73. The number of anilines is 1. The monoisotopic (exact) mass is 323 g/mol. The largest absolute Gasteiger partial charge is 0.481 e. The summed E-state index contributed by atoms with van der Waals surface area (Å²) in [5.41, 5.74) is 4.13. The predicted molar refractivity (Wildman–Crippen MR) is 95.0 cm³/mol. The standard InChI is InChI=1S/C19H21N3O2/c1-13(19(23)24)11-14-7-9-15(10-8-14)20-12-18-21-16-5-3-4-6-17(16)22(18)2/h3-10,13,20H,11-12H2,1-2H3,(H,23,24). The van der Waals surface area contributed by atoms with E-state index in [9.17, 15) is 4.79 Å². The number of aryl methyl sites for hydroxylation is 1. The molecule has 5 nitrogen and oxygen atoms in total. The van der Waals surface area contributed by atoms with E-state index in [0.717, 1.165) is 28.1 Å². The minimum atomic E-state index is -0.765. The molecule has 3 aromatic rings. The van der Waals surface area contributed by atoms with Gasteiger partial charge in [-0.1, -0.05) is 31.2 Å². The molecule has 0 fully saturated rings. The third kappa shape index (κ3) is 3.40. The highest BCUT2D eigenvalue weighted by molar-refractivity contribution is 5.75. The van der Waals surface area contributed by atoms with Gasteiger partial charge in [0.25, 0.3) is 0 Å². The summed E-state index contributed by atoms with van der Waals surface area (Å²) in [5, 5.41) is 12.3. The van der Waals surface area contributed by atoms with Crippen molar-refractivity contribution >= 4 is 22.7 Å². The van der Waals surface area contributed by atoms with Crippen LogP contribution in [0.1, 0.15) is 18.3 Å². The Morgan fingerprint density at radius 1 is 1.21 bits per heavy atom. The van der Waals surface area contributed by atoms with Gasteiger partial charge in [-0.3, -0.25) is 4.79 Å². The molecule has 124 valence electrons. The number of nitrogens with one attached hydrogen (secondary N) is 1. The Morgan fingerprint density at radius 2 is 1.92 bits per heavy atom. The second-order valence-electron chi connectivity index (χ2n) is 6.07. The van der Waals surface area contributed by atoms with Crippen LogP contribution in [0.5, 0.6) is 0 Å². The van der Waals surface area contributed by atoms with Gasteiger partial charge in [0.05, 0.1) is 23.5 Å². The summed E-state index contributed by atoms with van der Waals surface area (Å²) < 4.78 is 2.09. The van der Waals surface area contributed by atoms with Gasteiger partial charge in [0.15, 0.2) is 0 Å². The maximum atomic E-state index is 10.9. The maximum absolute atomic E-state index is 10.9. The number of aliphatic carboxylic acids is 1. The highest BCUT2D eigenvalue weighted by Crippen LogP contribution is 2.17. The van der Waals surface area contributed by atoms with Crippen LogP contribution in [0.25, 0.3) is 11.0 Å². The first kappa shape index (κ1) is 16.1. The lowest BCUT2D eigenvalue weighted by atomic mass is 10.0. The molecule has 1 atom stereocenters. The maximum Gasteiger partial charge on any atom is 0.306 e. The zero-order valence-corrected chi connectivity index (χ0v) is 13.9. The molecule has 1 heterocycles. The molecule has 0 saturated heterocycles. The van der Waals surface area contributed by atoms with Gasteiger partial charge in [0, 0.05) is 12.7 Å². The van der Waals surface area contributed by atoms with Crippen LogP contribution in [-0.4, -0.2) is 20.6 Å². The predicted octanol–water partition coefficient (Wildman–Crippen LogP) is 3.45. The highest BCUT2D eigenvalue weighted by atomic mass is 16.4. The van der Waals surface area contributed by atoms with Crippen molar-refractivity contribution in [1.82, 2.24) is 9.55 Å². The van der Waals surface area contributed by atoms with Gasteiger partial charge in [-0.05, 0) is 36.2 Å². The van der Waals surface area contributed by atoms with Crippen molar-refractivity contribution < 1.29 is 9.90 Å². The van der Waals surface area contributed by atoms with Gasteiger partial charge in [-0.25, -0.2) is 4.98 Å². The van der Waals surface area contributed by atoms with Crippen molar-refractivity contribution in [3.63, 3.8) is 0 Å². The second kappa shape index (κ2) is 6.74.